The van der Waals surface area contributed by atoms with Crippen LogP contribution in [0, 0.1) is 11.8 Å². The first kappa shape index (κ1) is 12.6. The number of hydrogen-bond donors (Lipinski definition) is 1. The Hall–Kier alpha value is -1.42. The number of carbonyl (C=O) groups excluding carboxylic acids is 1. The molecule has 1 heterocycles. The van der Waals surface area contributed by atoms with Crippen LogP contribution in [0.2, 0.25) is 0 Å². The molecule has 0 saturated carbocycles. The van der Waals surface area contributed by atoms with Gasteiger partial charge in [-0.1, -0.05) is 19.9 Å². The van der Waals surface area contributed by atoms with Gasteiger partial charge in [-0.05, 0) is 17.5 Å². The lowest BCUT2D eigenvalue weighted by Crippen LogP contribution is -2.33. The minimum atomic E-state index is -0.374. The van der Waals surface area contributed by atoms with Crippen LogP contribution >= 0.6 is 0 Å². The molecule has 0 aliphatic carbocycles. The van der Waals surface area contributed by atoms with Gasteiger partial charge in [-0.2, -0.15) is 0 Å². The maximum Gasteiger partial charge on any atom is 0.310 e. The summed E-state index contributed by atoms with van der Waals surface area (Å²) in [5.74, 6) is -0.483. The largest absolute Gasteiger partial charge is 0.469 e. The summed E-state index contributed by atoms with van der Waals surface area (Å²) in [7, 11) is 1.38. The molecule has 0 aliphatic heterocycles. The van der Waals surface area contributed by atoms with Crippen molar-refractivity contribution in [1.82, 2.24) is 4.98 Å². The molecule has 2 atom stereocenters. The molecule has 16 heavy (non-hydrogen) atoms. The van der Waals surface area contributed by atoms with Crippen molar-refractivity contribution in [2.75, 3.05) is 7.11 Å². The lowest BCUT2D eigenvalue weighted by Gasteiger charge is -2.24. The van der Waals surface area contributed by atoms with Gasteiger partial charge in [0.2, 0.25) is 0 Å². The molecule has 1 aromatic rings. The number of pyridine rings is 1. The van der Waals surface area contributed by atoms with Crippen molar-refractivity contribution >= 4 is 5.97 Å². The number of methoxy groups -OCH3 is 1. The van der Waals surface area contributed by atoms with Crippen LogP contribution in [0.1, 0.15) is 25.5 Å². The molecule has 0 spiro atoms. The van der Waals surface area contributed by atoms with E-state index in [1.165, 1.54) is 7.11 Å². The molecule has 2 N–H and O–H groups in total. The lowest BCUT2D eigenvalue weighted by molar-refractivity contribution is -0.147. The van der Waals surface area contributed by atoms with Crippen molar-refractivity contribution in [2.24, 2.45) is 17.6 Å². The summed E-state index contributed by atoms with van der Waals surface area (Å²) >= 11 is 0. The van der Waals surface area contributed by atoms with Crippen molar-refractivity contribution in [1.29, 1.82) is 0 Å². The third-order valence-electron chi connectivity index (χ3n) is 2.65. The van der Waals surface area contributed by atoms with Crippen molar-refractivity contribution in [3.05, 3.63) is 30.1 Å². The van der Waals surface area contributed by atoms with Crippen molar-refractivity contribution in [2.45, 2.75) is 19.9 Å². The fourth-order valence-electron chi connectivity index (χ4n) is 1.75. The fraction of sp³-hybridized carbons (Fsp3) is 0.500. The first-order valence-electron chi connectivity index (χ1n) is 5.31. The summed E-state index contributed by atoms with van der Waals surface area (Å²) in [6.45, 7) is 3.91. The number of aromatic nitrogens is 1. The monoisotopic (exact) mass is 222 g/mol. The van der Waals surface area contributed by atoms with E-state index in [0.717, 1.165) is 5.56 Å². The molecule has 2 unspecified atom stereocenters. The number of esters is 1. The predicted octanol–water partition coefficient (Wildman–Crippen LogP) is 1.53. The van der Waals surface area contributed by atoms with Crippen LogP contribution in [0.5, 0.6) is 0 Å². The van der Waals surface area contributed by atoms with E-state index in [1.54, 1.807) is 12.4 Å². The number of rotatable bonds is 4. The third-order valence-corrected chi connectivity index (χ3v) is 2.65. The summed E-state index contributed by atoms with van der Waals surface area (Å²) in [5, 5.41) is 0. The molecule has 0 aliphatic rings. The Morgan fingerprint density at radius 1 is 1.50 bits per heavy atom. The van der Waals surface area contributed by atoms with Crippen molar-refractivity contribution in [3.8, 4) is 0 Å². The van der Waals surface area contributed by atoms with Crippen LogP contribution in [-0.2, 0) is 9.53 Å². The average Bonchev–Trinajstić information content (AvgIpc) is 2.29. The first-order valence-corrected chi connectivity index (χ1v) is 5.31. The molecule has 1 rings (SSSR count). The first-order chi connectivity index (χ1) is 7.57. The molecule has 0 bridgehead atoms. The third kappa shape index (κ3) is 2.79. The molecule has 4 heteroatoms. The van der Waals surface area contributed by atoms with Gasteiger partial charge in [-0.25, -0.2) is 0 Å². The van der Waals surface area contributed by atoms with Crippen LogP contribution in [-0.4, -0.2) is 18.1 Å². The van der Waals surface area contributed by atoms with Gasteiger partial charge in [0.05, 0.1) is 13.0 Å². The van der Waals surface area contributed by atoms with E-state index in [2.05, 4.69) is 4.98 Å². The lowest BCUT2D eigenvalue weighted by atomic mass is 9.85. The standard InChI is InChI=1S/C12H18N2O2/c1-8(2)10(12(15)16-3)11(13)9-5-4-6-14-7-9/h4-8,10-11H,13H2,1-3H3. The highest BCUT2D eigenvalue weighted by Crippen LogP contribution is 2.26. The van der Waals surface area contributed by atoms with Gasteiger partial charge in [0.25, 0.3) is 0 Å². The number of hydrogen-bond acceptors (Lipinski definition) is 4. The summed E-state index contributed by atoms with van der Waals surface area (Å²) < 4.78 is 4.78. The van der Waals surface area contributed by atoms with Crippen LogP contribution in [0.3, 0.4) is 0 Å². The van der Waals surface area contributed by atoms with Gasteiger partial charge in [-0.15, -0.1) is 0 Å². The molecule has 0 fully saturated rings. The minimum Gasteiger partial charge on any atom is -0.469 e. The van der Waals surface area contributed by atoms with Crippen molar-refractivity contribution in [3.63, 3.8) is 0 Å². The van der Waals surface area contributed by atoms with Gasteiger partial charge in [0.1, 0.15) is 0 Å². The zero-order valence-corrected chi connectivity index (χ0v) is 9.88. The highest BCUT2D eigenvalue weighted by Gasteiger charge is 2.30. The molecule has 0 aromatic carbocycles. The summed E-state index contributed by atoms with van der Waals surface area (Å²) in [4.78, 5) is 15.6. The summed E-state index contributed by atoms with van der Waals surface area (Å²) in [5.41, 5.74) is 6.93. The van der Waals surface area contributed by atoms with Crippen LogP contribution in [0.15, 0.2) is 24.5 Å². The second-order valence-corrected chi connectivity index (χ2v) is 4.11. The average molecular weight is 222 g/mol. The fourth-order valence-corrected chi connectivity index (χ4v) is 1.75. The number of nitrogens with zero attached hydrogens (tertiary/aromatic N) is 1. The van der Waals surface area contributed by atoms with Gasteiger partial charge in [-0.3, -0.25) is 9.78 Å². The Bertz CT molecular complexity index is 338. The quantitative estimate of drug-likeness (QED) is 0.784. The van der Waals surface area contributed by atoms with E-state index < -0.39 is 0 Å². The van der Waals surface area contributed by atoms with Gasteiger partial charge < -0.3 is 10.5 Å². The van der Waals surface area contributed by atoms with Gasteiger partial charge in [0, 0.05) is 18.4 Å². The second-order valence-electron chi connectivity index (χ2n) is 4.11. The zero-order valence-electron chi connectivity index (χ0n) is 9.88. The second kappa shape index (κ2) is 5.61. The van der Waals surface area contributed by atoms with E-state index in [4.69, 9.17) is 10.5 Å². The maximum absolute atomic E-state index is 11.6. The van der Waals surface area contributed by atoms with E-state index in [-0.39, 0.29) is 23.8 Å². The minimum absolute atomic E-state index is 0.127. The topological polar surface area (TPSA) is 65.2 Å². The van der Waals surface area contributed by atoms with Crippen LogP contribution in [0.4, 0.5) is 0 Å². The SMILES string of the molecule is COC(=O)C(C(C)C)C(N)c1cccnc1. The van der Waals surface area contributed by atoms with E-state index >= 15 is 0 Å². The molecule has 0 amide bonds. The Balaban J connectivity index is 2.92. The zero-order chi connectivity index (χ0) is 12.1. The smallest absolute Gasteiger partial charge is 0.310 e. The molecular formula is C12H18N2O2. The Morgan fingerprint density at radius 2 is 2.19 bits per heavy atom. The number of carbonyl (C=O) groups is 1. The Morgan fingerprint density at radius 3 is 2.62 bits per heavy atom. The van der Waals surface area contributed by atoms with E-state index in [0.29, 0.717) is 0 Å². The predicted molar refractivity (Wildman–Crippen MR) is 61.5 cm³/mol. The van der Waals surface area contributed by atoms with E-state index in [9.17, 15) is 4.79 Å². The maximum atomic E-state index is 11.6. The normalized spacial score (nSPS) is 14.6. The van der Waals surface area contributed by atoms with Crippen LogP contribution in [0.25, 0.3) is 0 Å². The highest BCUT2D eigenvalue weighted by atomic mass is 16.5. The molecule has 1 aromatic heterocycles. The molecular weight excluding hydrogens is 204 g/mol. The van der Waals surface area contributed by atoms with Crippen LogP contribution < -0.4 is 5.73 Å². The summed E-state index contributed by atoms with van der Waals surface area (Å²) in [6.07, 6.45) is 3.36. The van der Waals surface area contributed by atoms with Crippen molar-refractivity contribution < 1.29 is 9.53 Å². The number of ether oxygens (including phenoxy) is 1. The van der Waals surface area contributed by atoms with Gasteiger partial charge in [0.15, 0.2) is 0 Å². The van der Waals surface area contributed by atoms with Gasteiger partial charge >= 0.3 is 5.97 Å². The summed E-state index contributed by atoms with van der Waals surface area (Å²) in [6, 6.07) is 3.31. The van der Waals surface area contributed by atoms with E-state index in [1.807, 2.05) is 26.0 Å². The molecule has 0 saturated heterocycles. The Labute approximate surface area is 95.8 Å². The molecule has 0 radical (unpaired) electrons. The highest BCUT2D eigenvalue weighted by molar-refractivity contribution is 5.73. The Kier molecular flexibility index (Phi) is 4.43. The number of nitrogens with two attached hydrogens (primary N) is 1. The molecule has 88 valence electrons. The molecule has 4 nitrogen and oxygen atoms in total.